The molecule has 3 rings (SSSR count). The molecular formula is C16H21NO2. The predicted octanol–water partition coefficient (Wildman–Crippen LogP) is 2.81. The topological polar surface area (TPSA) is 29.5 Å². The summed E-state index contributed by atoms with van der Waals surface area (Å²) >= 11 is 0. The van der Waals surface area contributed by atoms with E-state index in [0.717, 1.165) is 49.6 Å². The minimum Gasteiger partial charge on any atom is -0.493 e. The molecule has 0 aliphatic carbocycles. The summed E-state index contributed by atoms with van der Waals surface area (Å²) in [6.45, 7) is 4.75. The van der Waals surface area contributed by atoms with Gasteiger partial charge in [0.25, 0.3) is 0 Å². The lowest BCUT2D eigenvalue weighted by Gasteiger charge is -2.34. The summed E-state index contributed by atoms with van der Waals surface area (Å²) in [7, 11) is 0. The van der Waals surface area contributed by atoms with Gasteiger partial charge in [0.2, 0.25) is 5.91 Å². The van der Waals surface area contributed by atoms with Crippen LogP contribution in [0.5, 0.6) is 5.75 Å². The first kappa shape index (κ1) is 12.5. The molecule has 1 aromatic rings. The van der Waals surface area contributed by atoms with Crippen LogP contribution < -0.4 is 4.74 Å². The molecule has 0 radical (unpaired) electrons. The number of hydrogen-bond donors (Lipinski definition) is 0. The smallest absolute Gasteiger partial charge is 0.230 e. The van der Waals surface area contributed by atoms with E-state index in [2.05, 4.69) is 6.92 Å². The van der Waals surface area contributed by atoms with Gasteiger partial charge in [-0.05, 0) is 31.2 Å². The van der Waals surface area contributed by atoms with Gasteiger partial charge in [0.1, 0.15) is 5.75 Å². The Kier molecular flexibility index (Phi) is 3.45. The van der Waals surface area contributed by atoms with E-state index < -0.39 is 0 Å². The number of fused-ring (bicyclic) bond motifs is 1. The quantitative estimate of drug-likeness (QED) is 0.776. The number of carbonyl (C=O) groups is 1. The molecule has 2 heterocycles. The zero-order valence-corrected chi connectivity index (χ0v) is 11.5. The number of hydrogen-bond acceptors (Lipinski definition) is 2. The molecule has 0 spiro atoms. The number of amides is 1. The third kappa shape index (κ3) is 2.46. The van der Waals surface area contributed by atoms with Gasteiger partial charge < -0.3 is 9.64 Å². The van der Waals surface area contributed by atoms with Crippen LogP contribution >= 0.6 is 0 Å². The zero-order valence-electron chi connectivity index (χ0n) is 11.5. The van der Waals surface area contributed by atoms with Gasteiger partial charge >= 0.3 is 0 Å². The number of carbonyl (C=O) groups excluding carboxylic acids is 1. The molecule has 19 heavy (non-hydrogen) atoms. The minimum absolute atomic E-state index is 0.00152. The summed E-state index contributed by atoms with van der Waals surface area (Å²) in [6.07, 6.45) is 3.08. The van der Waals surface area contributed by atoms with E-state index in [4.69, 9.17) is 4.74 Å². The van der Waals surface area contributed by atoms with Crippen molar-refractivity contribution in [1.82, 2.24) is 4.90 Å². The van der Waals surface area contributed by atoms with Gasteiger partial charge in [-0.25, -0.2) is 0 Å². The highest BCUT2D eigenvalue weighted by atomic mass is 16.5. The van der Waals surface area contributed by atoms with Gasteiger partial charge in [0.05, 0.1) is 12.5 Å². The molecule has 1 atom stereocenters. The highest BCUT2D eigenvalue weighted by Gasteiger charge is 2.32. The van der Waals surface area contributed by atoms with Crippen molar-refractivity contribution in [2.24, 2.45) is 5.92 Å². The fourth-order valence-corrected chi connectivity index (χ4v) is 3.05. The summed E-state index contributed by atoms with van der Waals surface area (Å²) in [4.78, 5) is 14.7. The number of para-hydroxylation sites is 1. The molecule has 2 aliphatic rings. The Labute approximate surface area is 114 Å². The van der Waals surface area contributed by atoms with Crippen LogP contribution in [-0.4, -0.2) is 30.5 Å². The molecule has 1 aromatic carbocycles. The second-order valence-corrected chi connectivity index (χ2v) is 5.74. The molecule has 1 unspecified atom stereocenters. The summed E-state index contributed by atoms with van der Waals surface area (Å²) in [5, 5.41) is 0. The third-order valence-electron chi connectivity index (χ3n) is 4.35. The van der Waals surface area contributed by atoms with Crippen LogP contribution in [-0.2, 0) is 4.79 Å². The first-order valence-electron chi connectivity index (χ1n) is 7.26. The third-order valence-corrected chi connectivity index (χ3v) is 4.35. The molecule has 1 fully saturated rings. The fraction of sp³-hybridized carbons (Fsp3) is 0.562. The molecule has 1 amide bonds. The van der Waals surface area contributed by atoms with Gasteiger partial charge in [-0.1, -0.05) is 25.1 Å². The van der Waals surface area contributed by atoms with Crippen molar-refractivity contribution in [3.05, 3.63) is 29.8 Å². The Hall–Kier alpha value is -1.51. The van der Waals surface area contributed by atoms with Gasteiger partial charge in [-0.3, -0.25) is 4.79 Å². The van der Waals surface area contributed by atoms with E-state index in [1.807, 2.05) is 29.2 Å². The number of ether oxygens (including phenoxy) is 1. The predicted molar refractivity (Wildman–Crippen MR) is 74.3 cm³/mol. The first-order chi connectivity index (χ1) is 9.25. The number of likely N-dealkylation sites (tertiary alicyclic amines) is 1. The van der Waals surface area contributed by atoms with Crippen LogP contribution in [0.1, 0.15) is 37.7 Å². The Morgan fingerprint density at radius 1 is 1.21 bits per heavy atom. The Balaban J connectivity index is 1.78. The molecule has 0 N–H and O–H groups in total. The van der Waals surface area contributed by atoms with E-state index >= 15 is 0 Å². The van der Waals surface area contributed by atoms with E-state index in [1.165, 1.54) is 0 Å². The molecule has 102 valence electrons. The van der Waals surface area contributed by atoms with Crippen LogP contribution in [0.4, 0.5) is 0 Å². The molecule has 0 saturated carbocycles. The lowest BCUT2D eigenvalue weighted by Crippen LogP contribution is -2.41. The van der Waals surface area contributed by atoms with E-state index in [0.29, 0.717) is 12.5 Å². The number of benzene rings is 1. The lowest BCUT2D eigenvalue weighted by atomic mass is 9.90. The van der Waals surface area contributed by atoms with Gasteiger partial charge in [-0.15, -0.1) is 0 Å². The molecule has 3 nitrogen and oxygen atoms in total. The molecule has 3 heteroatoms. The van der Waals surface area contributed by atoms with Gasteiger partial charge in [0.15, 0.2) is 0 Å². The maximum atomic E-state index is 12.7. The molecule has 2 aliphatic heterocycles. The van der Waals surface area contributed by atoms with Crippen LogP contribution in [0.15, 0.2) is 24.3 Å². The van der Waals surface area contributed by atoms with Crippen molar-refractivity contribution in [3.63, 3.8) is 0 Å². The second kappa shape index (κ2) is 5.24. The van der Waals surface area contributed by atoms with Gasteiger partial charge in [0, 0.05) is 18.7 Å². The van der Waals surface area contributed by atoms with Crippen molar-refractivity contribution in [1.29, 1.82) is 0 Å². The van der Waals surface area contributed by atoms with Crippen molar-refractivity contribution >= 4 is 5.91 Å². The second-order valence-electron chi connectivity index (χ2n) is 5.74. The molecular weight excluding hydrogens is 238 g/mol. The summed E-state index contributed by atoms with van der Waals surface area (Å²) in [5.74, 6) is 1.93. The Morgan fingerprint density at radius 3 is 2.74 bits per heavy atom. The van der Waals surface area contributed by atoms with Crippen LogP contribution in [0.3, 0.4) is 0 Å². The maximum Gasteiger partial charge on any atom is 0.230 e. The highest BCUT2D eigenvalue weighted by Crippen LogP contribution is 2.35. The van der Waals surface area contributed by atoms with Crippen LogP contribution in [0.2, 0.25) is 0 Å². The monoisotopic (exact) mass is 259 g/mol. The van der Waals surface area contributed by atoms with Crippen molar-refractivity contribution in [2.75, 3.05) is 19.7 Å². The molecule has 0 bridgehead atoms. The Morgan fingerprint density at radius 2 is 1.95 bits per heavy atom. The largest absolute Gasteiger partial charge is 0.493 e. The average Bonchev–Trinajstić information content (AvgIpc) is 2.47. The summed E-state index contributed by atoms with van der Waals surface area (Å²) < 4.78 is 5.64. The number of rotatable bonds is 1. The fourth-order valence-electron chi connectivity index (χ4n) is 3.05. The SMILES string of the molecule is CC1CCN(C(=O)C2CCOc3ccccc32)CC1. The molecule has 1 saturated heterocycles. The first-order valence-corrected chi connectivity index (χ1v) is 7.26. The number of nitrogens with zero attached hydrogens (tertiary/aromatic N) is 1. The average molecular weight is 259 g/mol. The van der Waals surface area contributed by atoms with E-state index in [-0.39, 0.29) is 5.92 Å². The van der Waals surface area contributed by atoms with Crippen molar-refractivity contribution < 1.29 is 9.53 Å². The number of piperidine rings is 1. The van der Waals surface area contributed by atoms with E-state index in [9.17, 15) is 4.79 Å². The maximum absolute atomic E-state index is 12.7. The van der Waals surface area contributed by atoms with Crippen LogP contribution in [0.25, 0.3) is 0 Å². The summed E-state index contributed by atoms with van der Waals surface area (Å²) in [5.41, 5.74) is 1.07. The molecule has 0 aromatic heterocycles. The van der Waals surface area contributed by atoms with Crippen molar-refractivity contribution in [2.45, 2.75) is 32.1 Å². The van der Waals surface area contributed by atoms with Crippen LogP contribution in [0, 0.1) is 5.92 Å². The Bertz CT molecular complexity index is 464. The standard InChI is InChI=1S/C16H21NO2/c1-12-6-9-17(10-7-12)16(18)14-8-11-19-15-5-3-2-4-13(14)15/h2-5,12,14H,6-11H2,1H3. The summed E-state index contributed by atoms with van der Waals surface area (Å²) in [6, 6.07) is 7.96. The highest BCUT2D eigenvalue weighted by molar-refractivity contribution is 5.85. The van der Waals surface area contributed by atoms with Crippen molar-refractivity contribution in [3.8, 4) is 5.75 Å². The lowest BCUT2D eigenvalue weighted by molar-refractivity contribution is -0.134. The van der Waals surface area contributed by atoms with Gasteiger partial charge in [-0.2, -0.15) is 0 Å². The minimum atomic E-state index is -0.00152. The van der Waals surface area contributed by atoms with E-state index in [1.54, 1.807) is 0 Å². The zero-order chi connectivity index (χ0) is 13.2. The normalized spacial score (nSPS) is 23.6.